The molecule has 13 nitrogen and oxygen atoms in total. The quantitative estimate of drug-likeness (QED) is 0.390. The Morgan fingerprint density at radius 1 is 1.23 bits per heavy atom. The zero-order valence-corrected chi connectivity index (χ0v) is 19.3. The number of carbonyl (C=O) groups is 2. The first kappa shape index (κ1) is 24.4. The first-order chi connectivity index (χ1) is 16.4. The summed E-state index contributed by atoms with van der Waals surface area (Å²) in [5.41, 5.74) is 2.26. The van der Waals surface area contributed by atoms with Gasteiger partial charge in [0.1, 0.15) is 12.7 Å². The molecule has 186 valence electrons. The van der Waals surface area contributed by atoms with E-state index in [0.717, 1.165) is 17.7 Å². The minimum Gasteiger partial charge on any atom is -0.459 e. The van der Waals surface area contributed by atoms with Crippen LogP contribution in [0, 0.1) is 6.92 Å². The standard InChI is InChI=1S/C21H21N3O10S/c1-11-8-24(20(28)23-17(11)26)18-16(32-12(2)25)21(14(22)10-35(29,30)34-21)15(33-18)9-31-19(27)13-6-4-3-5-7-13/h3-8,10,15-16,18H,9,22H2,1-2H3,(H,23,26,28)/t15-,16+,18-,21?/m1/s1. The average molecular weight is 507 g/mol. The van der Waals surface area contributed by atoms with Gasteiger partial charge >= 0.3 is 17.6 Å². The highest BCUT2D eigenvalue weighted by Crippen LogP contribution is 2.48. The van der Waals surface area contributed by atoms with Gasteiger partial charge in [-0.1, -0.05) is 18.2 Å². The van der Waals surface area contributed by atoms with Gasteiger partial charge in [0.25, 0.3) is 15.7 Å². The molecule has 35 heavy (non-hydrogen) atoms. The maximum Gasteiger partial charge on any atom is 0.338 e. The Bertz CT molecular complexity index is 1430. The number of nitrogens with two attached hydrogens (primary N) is 1. The Balaban J connectivity index is 1.79. The average Bonchev–Trinajstić information content (AvgIpc) is 3.21. The van der Waals surface area contributed by atoms with E-state index >= 15 is 0 Å². The summed E-state index contributed by atoms with van der Waals surface area (Å²) in [6, 6.07) is 7.95. The summed E-state index contributed by atoms with van der Waals surface area (Å²) in [5, 5.41) is 0.627. The fraction of sp³-hybridized carbons (Fsp3) is 0.333. The Hall–Kier alpha value is -3.75. The van der Waals surface area contributed by atoms with Gasteiger partial charge in [-0.2, -0.15) is 8.42 Å². The predicted molar refractivity (Wildman–Crippen MR) is 117 cm³/mol. The number of esters is 2. The molecule has 0 aliphatic carbocycles. The Kier molecular flexibility index (Phi) is 6.12. The molecule has 4 atom stereocenters. The molecule has 1 unspecified atom stereocenters. The lowest BCUT2D eigenvalue weighted by Crippen LogP contribution is -2.55. The van der Waals surface area contributed by atoms with Crippen LogP contribution in [0.3, 0.4) is 0 Å². The van der Waals surface area contributed by atoms with E-state index in [9.17, 15) is 27.6 Å². The third-order valence-corrected chi connectivity index (χ3v) is 6.58. The number of H-pyrrole nitrogens is 1. The summed E-state index contributed by atoms with van der Waals surface area (Å²) in [4.78, 5) is 51.0. The smallest absolute Gasteiger partial charge is 0.338 e. The fourth-order valence-corrected chi connectivity index (χ4v) is 5.21. The van der Waals surface area contributed by atoms with Gasteiger partial charge in [-0.15, -0.1) is 0 Å². The van der Waals surface area contributed by atoms with E-state index in [-0.39, 0.29) is 16.8 Å². The molecule has 1 saturated heterocycles. The summed E-state index contributed by atoms with van der Waals surface area (Å²) in [6.07, 6.45) is -3.39. The number of nitrogens with zero attached hydrogens (tertiary/aromatic N) is 1. The lowest BCUT2D eigenvalue weighted by Gasteiger charge is -2.33. The molecule has 1 spiro atoms. The van der Waals surface area contributed by atoms with E-state index in [0.29, 0.717) is 5.41 Å². The van der Waals surface area contributed by atoms with Crippen molar-refractivity contribution < 1.29 is 36.4 Å². The van der Waals surface area contributed by atoms with Gasteiger partial charge in [0.2, 0.25) is 0 Å². The number of rotatable bonds is 5. The number of hydrogen-bond acceptors (Lipinski definition) is 11. The Morgan fingerprint density at radius 3 is 2.51 bits per heavy atom. The second kappa shape index (κ2) is 8.79. The second-order valence-corrected chi connectivity index (χ2v) is 9.32. The van der Waals surface area contributed by atoms with Gasteiger partial charge in [-0.25, -0.2) is 13.8 Å². The number of hydrogen-bond donors (Lipinski definition) is 2. The van der Waals surface area contributed by atoms with E-state index in [1.807, 2.05) is 0 Å². The molecule has 1 aromatic heterocycles. The van der Waals surface area contributed by atoms with Crippen molar-refractivity contribution in [2.45, 2.75) is 37.9 Å². The summed E-state index contributed by atoms with van der Waals surface area (Å²) in [6.45, 7) is 1.89. The highest BCUT2D eigenvalue weighted by atomic mass is 32.2. The monoisotopic (exact) mass is 507 g/mol. The number of aromatic nitrogens is 2. The zero-order valence-electron chi connectivity index (χ0n) is 18.5. The molecule has 1 aromatic carbocycles. The van der Waals surface area contributed by atoms with Gasteiger partial charge in [-0.05, 0) is 19.1 Å². The van der Waals surface area contributed by atoms with Crippen molar-refractivity contribution in [3.8, 4) is 0 Å². The van der Waals surface area contributed by atoms with Crippen molar-refractivity contribution in [3.05, 3.63) is 79.6 Å². The van der Waals surface area contributed by atoms with E-state index in [2.05, 4.69) is 4.98 Å². The van der Waals surface area contributed by atoms with Crippen LogP contribution in [-0.2, 0) is 33.3 Å². The molecular formula is C21H21N3O10S. The molecule has 2 aliphatic rings. The van der Waals surface area contributed by atoms with Crippen LogP contribution >= 0.6 is 0 Å². The molecule has 0 amide bonds. The van der Waals surface area contributed by atoms with Crippen LogP contribution in [0.1, 0.15) is 29.1 Å². The minimum atomic E-state index is -4.35. The molecule has 0 bridgehead atoms. The lowest BCUT2D eigenvalue weighted by molar-refractivity contribution is -0.158. The summed E-state index contributed by atoms with van der Waals surface area (Å²) in [5.74, 6) is -1.61. The van der Waals surface area contributed by atoms with Crippen LogP contribution in [0.4, 0.5) is 0 Å². The van der Waals surface area contributed by atoms with Crippen LogP contribution in [0.25, 0.3) is 0 Å². The largest absolute Gasteiger partial charge is 0.459 e. The Morgan fingerprint density at radius 2 is 1.91 bits per heavy atom. The molecule has 0 saturated carbocycles. The first-order valence-corrected chi connectivity index (χ1v) is 11.7. The molecule has 14 heteroatoms. The number of nitrogens with one attached hydrogen (secondary N) is 1. The van der Waals surface area contributed by atoms with Gasteiger partial charge in [0.15, 0.2) is 17.9 Å². The number of carbonyl (C=O) groups excluding carboxylic acids is 2. The molecule has 3 N–H and O–H groups in total. The van der Waals surface area contributed by atoms with Gasteiger partial charge in [0, 0.05) is 18.7 Å². The van der Waals surface area contributed by atoms with Crippen LogP contribution in [-0.4, -0.2) is 54.3 Å². The molecular weight excluding hydrogens is 486 g/mol. The van der Waals surface area contributed by atoms with Gasteiger partial charge < -0.3 is 19.9 Å². The number of aryl methyl sites for hydroxylation is 1. The minimum absolute atomic E-state index is 0.117. The number of aromatic amines is 1. The Labute approximate surface area is 198 Å². The maximum absolute atomic E-state index is 12.6. The third kappa shape index (κ3) is 4.38. The highest BCUT2D eigenvalue weighted by molar-refractivity contribution is 7.90. The van der Waals surface area contributed by atoms with Crippen LogP contribution in [0.2, 0.25) is 0 Å². The maximum atomic E-state index is 12.6. The van der Waals surface area contributed by atoms with Gasteiger partial charge in [0.05, 0.1) is 16.7 Å². The molecule has 0 radical (unpaired) electrons. The number of ether oxygens (including phenoxy) is 3. The topological polar surface area (TPSA) is 186 Å². The van der Waals surface area contributed by atoms with Crippen molar-refractivity contribution in [1.82, 2.24) is 9.55 Å². The second-order valence-electron chi connectivity index (χ2n) is 7.93. The van der Waals surface area contributed by atoms with E-state index in [1.54, 1.807) is 18.2 Å². The van der Waals surface area contributed by atoms with Crippen LogP contribution in [0.5, 0.6) is 0 Å². The highest BCUT2D eigenvalue weighted by Gasteiger charge is 2.67. The van der Waals surface area contributed by atoms with E-state index < -0.39 is 63.9 Å². The third-order valence-electron chi connectivity index (χ3n) is 5.53. The summed E-state index contributed by atoms with van der Waals surface area (Å²) < 4.78 is 47.5. The van der Waals surface area contributed by atoms with Crippen molar-refractivity contribution in [1.29, 1.82) is 0 Å². The summed E-state index contributed by atoms with van der Waals surface area (Å²) in [7, 11) is -4.35. The first-order valence-electron chi connectivity index (χ1n) is 10.2. The van der Waals surface area contributed by atoms with Crippen molar-refractivity contribution in [2.75, 3.05) is 6.61 Å². The molecule has 1 fully saturated rings. The molecule has 2 aliphatic heterocycles. The van der Waals surface area contributed by atoms with Crippen molar-refractivity contribution in [3.63, 3.8) is 0 Å². The molecule has 3 heterocycles. The molecule has 2 aromatic rings. The van der Waals surface area contributed by atoms with Crippen molar-refractivity contribution in [2.24, 2.45) is 5.73 Å². The SMILES string of the molecule is CC(=O)O[C@H]1[C@H](n2cc(C)c(=O)[nH]c2=O)O[C@H](COC(=O)c2ccccc2)C12OS(=O)(=O)C=C2N. The van der Waals surface area contributed by atoms with Gasteiger partial charge in [-0.3, -0.25) is 19.1 Å². The fourth-order valence-electron chi connectivity index (χ4n) is 3.98. The van der Waals surface area contributed by atoms with Crippen LogP contribution in [0.15, 0.2) is 57.2 Å². The summed E-state index contributed by atoms with van der Waals surface area (Å²) >= 11 is 0. The zero-order chi connectivity index (χ0) is 25.5. The molecule has 4 rings (SSSR count). The van der Waals surface area contributed by atoms with E-state index in [1.165, 1.54) is 19.1 Å². The lowest BCUT2D eigenvalue weighted by atomic mass is 9.89. The van der Waals surface area contributed by atoms with E-state index in [4.69, 9.17) is 24.1 Å². The predicted octanol–water partition coefficient (Wildman–Crippen LogP) is -0.570. The normalized spacial score (nSPS) is 26.9. The number of benzene rings is 1. The van der Waals surface area contributed by atoms with Crippen LogP contribution < -0.4 is 17.0 Å². The van der Waals surface area contributed by atoms with Crippen molar-refractivity contribution >= 4 is 22.1 Å².